The fourth-order valence-electron chi connectivity index (χ4n) is 2.26. The van der Waals surface area contributed by atoms with Crippen LogP contribution in [0.2, 0.25) is 0 Å². The van der Waals surface area contributed by atoms with E-state index in [4.69, 9.17) is 4.74 Å². The fraction of sp³-hybridized carbons (Fsp3) is 0.667. The largest absolute Gasteiger partial charge is 0.462 e. The van der Waals surface area contributed by atoms with Crippen molar-refractivity contribution in [2.75, 3.05) is 26.7 Å². The Morgan fingerprint density at radius 2 is 2.00 bits per heavy atom. The topological polar surface area (TPSA) is 105 Å². The molecule has 9 heteroatoms. The van der Waals surface area contributed by atoms with E-state index in [-0.39, 0.29) is 17.9 Å². The Morgan fingerprint density at radius 1 is 1.33 bits per heavy atom. The van der Waals surface area contributed by atoms with E-state index in [1.807, 2.05) is 27.7 Å². The Kier molecular flexibility index (Phi) is 8.68. The number of nitrogens with one attached hydrogen (secondary N) is 3. The zero-order valence-corrected chi connectivity index (χ0v) is 18.0. The number of thiazole rings is 1. The van der Waals surface area contributed by atoms with Crippen molar-refractivity contribution in [3.63, 3.8) is 0 Å². The van der Waals surface area contributed by atoms with Crippen LogP contribution in [0.25, 0.3) is 0 Å². The molecule has 1 atom stereocenters. The number of carbonyl (C=O) groups excluding carboxylic acids is 2. The molecule has 3 N–H and O–H groups in total. The van der Waals surface area contributed by atoms with Gasteiger partial charge in [-0.3, -0.25) is 9.79 Å². The van der Waals surface area contributed by atoms with E-state index >= 15 is 0 Å². The predicted octanol–water partition coefficient (Wildman–Crippen LogP) is 2.02. The van der Waals surface area contributed by atoms with Crippen molar-refractivity contribution in [3.05, 3.63) is 15.6 Å². The molecule has 0 aliphatic heterocycles. The van der Waals surface area contributed by atoms with Gasteiger partial charge in [-0.2, -0.15) is 0 Å². The minimum atomic E-state index is -0.616. The molecule has 1 heterocycles. The highest BCUT2D eigenvalue weighted by Crippen LogP contribution is 2.24. The SMILES string of the molecule is CCNC(=NCC(C)(C)C(=O)NC)NC(C)c1nc(C)c(C(=O)OCC)s1. The smallest absolute Gasteiger partial charge is 0.350 e. The number of rotatable bonds is 8. The lowest BCUT2D eigenvalue weighted by molar-refractivity contribution is -0.128. The Hall–Kier alpha value is -2.16. The van der Waals surface area contributed by atoms with Gasteiger partial charge in [0.25, 0.3) is 0 Å². The van der Waals surface area contributed by atoms with Crippen LogP contribution < -0.4 is 16.0 Å². The molecule has 0 fully saturated rings. The van der Waals surface area contributed by atoms with Crippen molar-refractivity contribution in [2.45, 2.75) is 47.6 Å². The van der Waals surface area contributed by atoms with E-state index in [2.05, 4.69) is 25.9 Å². The van der Waals surface area contributed by atoms with Gasteiger partial charge in [0.1, 0.15) is 9.88 Å². The second kappa shape index (κ2) is 10.2. The van der Waals surface area contributed by atoms with E-state index in [1.165, 1.54) is 11.3 Å². The minimum absolute atomic E-state index is 0.0650. The van der Waals surface area contributed by atoms with Gasteiger partial charge in [0.15, 0.2) is 5.96 Å². The van der Waals surface area contributed by atoms with Crippen LogP contribution in [-0.4, -0.2) is 49.6 Å². The third-order valence-electron chi connectivity index (χ3n) is 3.82. The first-order valence-electron chi connectivity index (χ1n) is 9.07. The van der Waals surface area contributed by atoms with Crippen LogP contribution in [0.4, 0.5) is 0 Å². The zero-order valence-electron chi connectivity index (χ0n) is 17.2. The van der Waals surface area contributed by atoms with E-state index in [1.54, 1.807) is 20.9 Å². The van der Waals surface area contributed by atoms with Gasteiger partial charge in [0.2, 0.25) is 5.91 Å². The number of hydrogen-bond donors (Lipinski definition) is 3. The summed E-state index contributed by atoms with van der Waals surface area (Å²) in [6.07, 6.45) is 0. The number of aliphatic imine (C=N–C) groups is 1. The first-order chi connectivity index (χ1) is 12.7. The molecule has 0 aliphatic carbocycles. The number of aromatic nitrogens is 1. The van der Waals surface area contributed by atoms with E-state index in [0.29, 0.717) is 36.2 Å². The van der Waals surface area contributed by atoms with Gasteiger partial charge in [-0.1, -0.05) is 0 Å². The highest BCUT2D eigenvalue weighted by Gasteiger charge is 2.26. The lowest BCUT2D eigenvalue weighted by Crippen LogP contribution is -2.41. The molecule has 1 rings (SSSR count). The van der Waals surface area contributed by atoms with Crippen LogP contribution in [0.15, 0.2) is 4.99 Å². The van der Waals surface area contributed by atoms with Crippen LogP contribution in [0.3, 0.4) is 0 Å². The predicted molar refractivity (Wildman–Crippen MR) is 108 cm³/mol. The first kappa shape index (κ1) is 22.9. The van der Waals surface area contributed by atoms with Gasteiger partial charge in [-0.25, -0.2) is 9.78 Å². The summed E-state index contributed by atoms with van der Waals surface area (Å²) in [5.74, 6) is 0.177. The van der Waals surface area contributed by atoms with Gasteiger partial charge in [-0.15, -0.1) is 11.3 Å². The van der Waals surface area contributed by atoms with Gasteiger partial charge < -0.3 is 20.7 Å². The van der Waals surface area contributed by atoms with Crippen LogP contribution in [0.1, 0.15) is 61.0 Å². The van der Waals surface area contributed by atoms with E-state index in [9.17, 15) is 9.59 Å². The van der Waals surface area contributed by atoms with Crippen molar-refractivity contribution < 1.29 is 14.3 Å². The van der Waals surface area contributed by atoms with Crippen molar-refractivity contribution in [1.29, 1.82) is 0 Å². The van der Waals surface area contributed by atoms with Gasteiger partial charge >= 0.3 is 5.97 Å². The summed E-state index contributed by atoms with van der Waals surface area (Å²) < 4.78 is 5.07. The molecule has 0 saturated heterocycles. The first-order valence-corrected chi connectivity index (χ1v) is 9.89. The van der Waals surface area contributed by atoms with E-state index < -0.39 is 5.41 Å². The van der Waals surface area contributed by atoms with Crippen molar-refractivity contribution >= 4 is 29.2 Å². The number of amides is 1. The Morgan fingerprint density at radius 3 is 2.56 bits per heavy atom. The second-order valence-corrected chi connectivity index (χ2v) is 7.74. The molecule has 8 nitrogen and oxygen atoms in total. The third kappa shape index (κ3) is 6.50. The molecular weight excluding hydrogens is 366 g/mol. The average Bonchev–Trinajstić information content (AvgIpc) is 3.01. The average molecular weight is 398 g/mol. The summed E-state index contributed by atoms with van der Waals surface area (Å²) in [5.41, 5.74) is 0.0413. The summed E-state index contributed by atoms with van der Waals surface area (Å²) >= 11 is 1.31. The van der Waals surface area contributed by atoms with Crippen molar-refractivity contribution in [1.82, 2.24) is 20.9 Å². The number of esters is 1. The van der Waals surface area contributed by atoms with Crippen LogP contribution in [0.5, 0.6) is 0 Å². The van der Waals surface area contributed by atoms with Gasteiger partial charge in [0, 0.05) is 13.6 Å². The number of ether oxygens (including phenoxy) is 1. The van der Waals surface area contributed by atoms with Crippen molar-refractivity contribution in [3.8, 4) is 0 Å². The molecule has 27 heavy (non-hydrogen) atoms. The maximum atomic E-state index is 12.0. The molecule has 0 saturated carbocycles. The number of nitrogens with zero attached hydrogens (tertiary/aromatic N) is 2. The van der Waals surface area contributed by atoms with Gasteiger partial charge in [-0.05, 0) is 41.5 Å². The summed E-state index contributed by atoms with van der Waals surface area (Å²) in [7, 11) is 1.62. The monoisotopic (exact) mass is 397 g/mol. The molecule has 1 unspecified atom stereocenters. The normalized spacial score (nSPS) is 13.1. The third-order valence-corrected chi connectivity index (χ3v) is 5.14. The molecule has 1 aromatic rings. The molecule has 0 spiro atoms. The Bertz CT molecular complexity index is 685. The summed E-state index contributed by atoms with van der Waals surface area (Å²) in [5, 5.41) is 9.87. The maximum Gasteiger partial charge on any atom is 0.350 e. The quantitative estimate of drug-likeness (QED) is 0.352. The lowest BCUT2D eigenvalue weighted by atomic mass is 9.93. The summed E-state index contributed by atoms with van der Waals surface area (Å²) in [6.45, 7) is 12.5. The van der Waals surface area contributed by atoms with Crippen LogP contribution in [-0.2, 0) is 9.53 Å². The van der Waals surface area contributed by atoms with Gasteiger partial charge in [0.05, 0.1) is 30.3 Å². The van der Waals surface area contributed by atoms with Crippen LogP contribution >= 0.6 is 11.3 Å². The fourth-order valence-corrected chi connectivity index (χ4v) is 3.23. The van der Waals surface area contributed by atoms with Crippen LogP contribution in [0, 0.1) is 12.3 Å². The molecule has 1 aromatic heterocycles. The minimum Gasteiger partial charge on any atom is -0.462 e. The number of guanidine groups is 1. The highest BCUT2D eigenvalue weighted by molar-refractivity contribution is 7.13. The number of aryl methyl sites for hydroxylation is 1. The molecular formula is C18H31N5O3S. The molecule has 0 radical (unpaired) electrons. The number of hydrogen-bond acceptors (Lipinski definition) is 6. The molecule has 152 valence electrons. The van der Waals surface area contributed by atoms with E-state index in [0.717, 1.165) is 5.01 Å². The number of carbonyl (C=O) groups is 2. The molecule has 0 bridgehead atoms. The lowest BCUT2D eigenvalue weighted by Gasteiger charge is -2.22. The summed E-state index contributed by atoms with van der Waals surface area (Å²) in [4.78, 5) is 33.5. The second-order valence-electron chi connectivity index (χ2n) is 6.71. The standard InChI is InChI=1S/C18H31N5O3S/c1-8-20-17(21-10-18(5,6)16(25)19-7)23-12(4)14-22-11(3)13(27-14)15(24)26-9-2/h12H,8-10H2,1-7H3,(H,19,25)(H2,20,21,23). The highest BCUT2D eigenvalue weighted by atomic mass is 32.1. The van der Waals surface area contributed by atoms with Crippen molar-refractivity contribution in [2.24, 2.45) is 10.4 Å². The zero-order chi connectivity index (χ0) is 20.6. The summed E-state index contributed by atoms with van der Waals surface area (Å²) in [6, 6.07) is -0.155. The maximum absolute atomic E-state index is 12.0. The Labute approximate surface area is 165 Å². The molecule has 0 aromatic carbocycles. The Balaban J connectivity index is 2.91. The molecule has 1 amide bonds. The molecule has 0 aliphatic rings.